The maximum Gasteiger partial charge on any atom is 0.249 e. The van der Waals surface area contributed by atoms with Gasteiger partial charge in [-0.05, 0) is 43.2 Å². The lowest BCUT2D eigenvalue weighted by Gasteiger charge is -2.06. The molecule has 4 rings (SSSR count). The Morgan fingerprint density at radius 2 is 2.13 bits per heavy atom. The van der Waals surface area contributed by atoms with E-state index in [-0.39, 0.29) is 17.8 Å². The van der Waals surface area contributed by atoms with Crippen LogP contribution in [0.2, 0.25) is 0 Å². The topological polar surface area (TPSA) is 85.3 Å². The number of hydrogen-bond acceptors (Lipinski definition) is 4. The Balaban J connectivity index is 1.77. The van der Waals surface area contributed by atoms with Crippen molar-refractivity contribution in [1.29, 1.82) is 0 Å². The molecule has 116 valence electrons. The van der Waals surface area contributed by atoms with Crippen LogP contribution in [0.25, 0.3) is 16.9 Å². The van der Waals surface area contributed by atoms with Gasteiger partial charge in [0.2, 0.25) is 11.9 Å². The lowest BCUT2D eigenvalue weighted by molar-refractivity contribution is -0.117. The van der Waals surface area contributed by atoms with E-state index in [4.69, 9.17) is 5.73 Å². The van der Waals surface area contributed by atoms with E-state index >= 15 is 0 Å². The number of nitrogens with zero attached hydrogens (tertiary/aromatic N) is 3. The zero-order valence-electron chi connectivity index (χ0n) is 12.2. The van der Waals surface area contributed by atoms with Gasteiger partial charge >= 0.3 is 0 Å². The van der Waals surface area contributed by atoms with Gasteiger partial charge in [-0.15, -0.1) is 5.10 Å². The minimum atomic E-state index is -0.434. The van der Waals surface area contributed by atoms with Crippen molar-refractivity contribution in [3.8, 4) is 11.3 Å². The molecule has 0 radical (unpaired) electrons. The molecule has 1 aliphatic carbocycles. The maximum absolute atomic E-state index is 14.2. The number of fused-ring (bicyclic) bond motifs is 1. The van der Waals surface area contributed by atoms with Crippen molar-refractivity contribution in [2.45, 2.75) is 12.8 Å². The quantitative estimate of drug-likeness (QED) is 0.728. The molecule has 23 heavy (non-hydrogen) atoms. The smallest absolute Gasteiger partial charge is 0.249 e. The van der Waals surface area contributed by atoms with Crippen LogP contribution in [0.4, 0.5) is 16.0 Å². The third kappa shape index (κ3) is 2.50. The van der Waals surface area contributed by atoms with Gasteiger partial charge in [0.25, 0.3) is 0 Å². The molecule has 6 nitrogen and oxygen atoms in total. The largest absolute Gasteiger partial charge is 0.399 e. The molecular formula is C16H14FN5O. The van der Waals surface area contributed by atoms with E-state index in [0.717, 1.165) is 12.8 Å². The summed E-state index contributed by atoms with van der Waals surface area (Å²) in [5.74, 6) is -0.210. The molecule has 1 fully saturated rings. The summed E-state index contributed by atoms with van der Waals surface area (Å²) in [4.78, 5) is 16.1. The number of carbonyl (C=O) groups is 1. The first-order chi connectivity index (χ1) is 11.1. The van der Waals surface area contributed by atoms with Crippen molar-refractivity contribution in [3.05, 3.63) is 42.2 Å². The number of halogens is 1. The van der Waals surface area contributed by atoms with Crippen molar-refractivity contribution in [3.63, 3.8) is 0 Å². The van der Waals surface area contributed by atoms with Crippen LogP contribution in [0.1, 0.15) is 12.8 Å². The van der Waals surface area contributed by atoms with Crippen LogP contribution >= 0.6 is 0 Å². The minimum absolute atomic E-state index is 0.0654. The van der Waals surface area contributed by atoms with Crippen molar-refractivity contribution in [2.24, 2.45) is 5.92 Å². The highest BCUT2D eigenvalue weighted by atomic mass is 19.1. The molecule has 3 N–H and O–H groups in total. The van der Waals surface area contributed by atoms with E-state index in [1.54, 1.807) is 30.3 Å². The van der Waals surface area contributed by atoms with Gasteiger partial charge in [-0.1, -0.05) is 6.07 Å². The van der Waals surface area contributed by atoms with Crippen LogP contribution in [0.15, 0.2) is 36.4 Å². The summed E-state index contributed by atoms with van der Waals surface area (Å²) in [6.07, 6.45) is 1.81. The molecule has 2 heterocycles. The maximum atomic E-state index is 14.2. The molecule has 0 atom stereocenters. The number of nitrogens with two attached hydrogens (primary N) is 1. The number of amides is 1. The second-order valence-corrected chi connectivity index (χ2v) is 5.62. The Kier molecular flexibility index (Phi) is 3.00. The molecule has 1 saturated carbocycles. The van der Waals surface area contributed by atoms with E-state index in [1.165, 1.54) is 10.6 Å². The lowest BCUT2D eigenvalue weighted by atomic mass is 10.1. The summed E-state index contributed by atoms with van der Waals surface area (Å²) in [7, 11) is 0. The Morgan fingerprint density at radius 3 is 2.87 bits per heavy atom. The SMILES string of the molecule is Nc1ccc(-c2cccc3nc(NC(=O)C4CC4)nn23)c(F)c1. The summed E-state index contributed by atoms with van der Waals surface area (Å²) in [5, 5.41) is 6.98. The molecule has 1 aromatic carbocycles. The number of nitrogen functional groups attached to an aromatic ring is 1. The summed E-state index contributed by atoms with van der Waals surface area (Å²) in [6.45, 7) is 0. The van der Waals surface area contributed by atoms with Crippen LogP contribution in [0.5, 0.6) is 0 Å². The molecule has 3 aromatic rings. The molecule has 1 amide bonds. The van der Waals surface area contributed by atoms with Crippen LogP contribution < -0.4 is 11.1 Å². The van der Waals surface area contributed by atoms with Gasteiger partial charge in [0.1, 0.15) is 5.82 Å². The predicted molar refractivity (Wildman–Crippen MR) is 84.1 cm³/mol. The van der Waals surface area contributed by atoms with E-state index in [0.29, 0.717) is 22.6 Å². The van der Waals surface area contributed by atoms with Gasteiger partial charge < -0.3 is 5.73 Å². The summed E-state index contributed by atoms with van der Waals surface area (Å²) in [6, 6.07) is 9.75. The van der Waals surface area contributed by atoms with E-state index in [2.05, 4.69) is 15.4 Å². The fraction of sp³-hybridized carbons (Fsp3) is 0.188. The molecule has 0 spiro atoms. The predicted octanol–water partition coefficient (Wildman–Crippen LogP) is 2.47. The zero-order chi connectivity index (χ0) is 16.0. The van der Waals surface area contributed by atoms with Crippen LogP contribution in [-0.2, 0) is 4.79 Å². The molecular weight excluding hydrogens is 297 g/mol. The number of pyridine rings is 1. The zero-order valence-corrected chi connectivity index (χ0v) is 12.2. The van der Waals surface area contributed by atoms with Crippen LogP contribution in [0.3, 0.4) is 0 Å². The average Bonchev–Trinajstić information content (AvgIpc) is 3.28. The van der Waals surface area contributed by atoms with E-state index in [1.807, 2.05) is 0 Å². The second-order valence-electron chi connectivity index (χ2n) is 5.62. The molecule has 0 saturated heterocycles. The first kappa shape index (κ1) is 13.7. The minimum Gasteiger partial charge on any atom is -0.399 e. The van der Waals surface area contributed by atoms with Crippen molar-refractivity contribution >= 4 is 23.2 Å². The van der Waals surface area contributed by atoms with Gasteiger partial charge in [-0.2, -0.15) is 4.98 Å². The monoisotopic (exact) mass is 311 g/mol. The number of aromatic nitrogens is 3. The number of benzene rings is 1. The summed E-state index contributed by atoms with van der Waals surface area (Å²) < 4.78 is 15.7. The molecule has 1 aliphatic rings. The lowest BCUT2D eigenvalue weighted by Crippen LogP contribution is -2.14. The molecule has 2 aromatic heterocycles. The van der Waals surface area contributed by atoms with Crippen LogP contribution in [0, 0.1) is 11.7 Å². The summed E-state index contributed by atoms with van der Waals surface area (Å²) in [5.41, 5.74) is 7.39. The van der Waals surface area contributed by atoms with Crippen LogP contribution in [-0.4, -0.2) is 20.5 Å². The van der Waals surface area contributed by atoms with Crippen molar-refractivity contribution in [2.75, 3.05) is 11.1 Å². The van der Waals surface area contributed by atoms with Crippen molar-refractivity contribution in [1.82, 2.24) is 14.6 Å². The van der Waals surface area contributed by atoms with Gasteiger partial charge in [0.05, 0.1) is 5.69 Å². The molecule has 0 bridgehead atoms. The first-order valence-electron chi connectivity index (χ1n) is 7.34. The highest BCUT2D eigenvalue weighted by Gasteiger charge is 2.30. The molecule has 7 heteroatoms. The molecule has 0 aliphatic heterocycles. The van der Waals surface area contributed by atoms with Gasteiger partial charge in [-0.25, -0.2) is 8.91 Å². The highest BCUT2D eigenvalue weighted by Crippen LogP contribution is 2.30. The van der Waals surface area contributed by atoms with E-state index < -0.39 is 5.82 Å². The highest BCUT2D eigenvalue weighted by molar-refractivity contribution is 5.92. The Morgan fingerprint density at radius 1 is 1.30 bits per heavy atom. The third-order valence-corrected chi connectivity index (χ3v) is 3.81. The van der Waals surface area contributed by atoms with Gasteiger partial charge in [0, 0.05) is 17.2 Å². The Bertz CT molecular complexity index is 916. The molecule has 0 unspecified atom stereocenters. The average molecular weight is 311 g/mol. The van der Waals surface area contributed by atoms with Gasteiger partial charge in [-0.3, -0.25) is 10.1 Å². The summed E-state index contributed by atoms with van der Waals surface area (Å²) >= 11 is 0. The number of anilines is 2. The first-order valence-corrected chi connectivity index (χ1v) is 7.34. The van der Waals surface area contributed by atoms with Crippen molar-refractivity contribution < 1.29 is 9.18 Å². The number of hydrogen-bond donors (Lipinski definition) is 2. The standard InChI is InChI=1S/C16H14FN5O/c17-12-8-10(18)6-7-11(12)13-2-1-3-14-19-16(21-22(13)14)20-15(23)9-4-5-9/h1-3,6-9H,4-5,18H2,(H,20,21,23). The van der Waals surface area contributed by atoms with Gasteiger partial charge in [0.15, 0.2) is 5.65 Å². The Hall–Kier alpha value is -2.96. The normalized spacial score (nSPS) is 14.1. The fourth-order valence-electron chi connectivity index (χ4n) is 2.46. The number of carbonyl (C=O) groups excluding carboxylic acids is 1. The number of rotatable bonds is 3. The Labute approximate surface area is 131 Å². The second kappa shape index (κ2) is 5.05. The number of nitrogens with one attached hydrogen (secondary N) is 1. The third-order valence-electron chi connectivity index (χ3n) is 3.81. The van der Waals surface area contributed by atoms with E-state index in [9.17, 15) is 9.18 Å². The fourth-order valence-corrected chi connectivity index (χ4v) is 2.46.